The fourth-order valence-corrected chi connectivity index (χ4v) is 2.72. The molecular weight excluding hydrogens is 206 g/mol. The fourth-order valence-electron chi connectivity index (χ4n) is 1.87. The normalized spacial score (nSPS) is 11.8. The van der Waals surface area contributed by atoms with E-state index >= 15 is 0 Å². The number of aryl methyl sites for hydroxylation is 1. The number of thiazole rings is 1. The molecule has 2 N–H and O–H groups in total. The second kappa shape index (κ2) is 3.94. The molecule has 0 unspecified atom stereocenters. The first kappa shape index (κ1) is 10.6. The summed E-state index contributed by atoms with van der Waals surface area (Å²) in [6.07, 6.45) is 3.06. The predicted octanol–water partition coefficient (Wildman–Crippen LogP) is 2.33. The highest BCUT2D eigenvalue weighted by Crippen LogP contribution is 2.25. The highest BCUT2D eigenvalue weighted by atomic mass is 32.1. The fraction of sp³-hybridized carbons (Fsp3) is 0.545. The number of fused-ring (bicyclic) bond motifs is 1. The van der Waals surface area contributed by atoms with Gasteiger partial charge in [-0.05, 0) is 19.4 Å². The van der Waals surface area contributed by atoms with Crippen molar-refractivity contribution in [2.45, 2.75) is 33.1 Å². The molecule has 0 spiro atoms. The first-order valence-electron chi connectivity index (χ1n) is 5.30. The molecule has 3 nitrogen and oxygen atoms in total. The molecule has 0 bridgehead atoms. The van der Waals surface area contributed by atoms with Crippen LogP contribution in [0.4, 0.5) is 0 Å². The van der Waals surface area contributed by atoms with Gasteiger partial charge < -0.3 is 5.73 Å². The van der Waals surface area contributed by atoms with Gasteiger partial charge in [0, 0.05) is 23.2 Å². The lowest BCUT2D eigenvalue weighted by atomic mass is 10.1. The second-order valence-corrected chi connectivity index (χ2v) is 5.34. The van der Waals surface area contributed by atoms with E-state index in [-0.39, 0.29) is 0 Å². The Labute approximate surface area is 93.9 Å². The Hall–Kier alpha value is -0.870. The molecule has 0 saturated heterocycles. The third kappa shape index (κ3) is 1.79. The lowest BCUT2D eigenvalue weighted by Gasteiger charge is -2.04. The van der Waals surface area contributed by atoms with Crippen LogP contribution >= 0.6 is 11.3 Å². The number of nitrogens with two attached hydrogens (primary N) is 1. The van der Waals surface area contributed by atoms with Crippen molar-refractivity contribution >= 4 is 16.3 Å². The van der Waals surface area contributed by atoms with E-state index in [1.807, 2.05) is 0 Å². The average Bonchev–Trinajstić information content (AvgIpc) is 2.64. The molecular formula is C11H17N3S. The van der Waals surface area contributed by atoms with E-state index in [0.717, 1.165) is 11.4 Å². The molecule has 0 fully saturated rings. The number of aromatic nitrogens is 2. The van der Waals surface area contributed by atoms with Gasteiger partial charge >= 0.3 is 0 Å². The topological polar surface area (TPSA) is 43.3 Å². The van der Waals surface area contributed by atoms with Gasteiger partial charge in [-0.3, -0.25) is 4.40 Å². The van der Waals surface area contributed by atoms with Gasteiger partial charge in [-0.1, -0.05) is 13.8 Å². The average molecular weight is 223 g/mol. The summed E-state index contributed by atoms with van der Waals surface area (Å²) in [6.45, 7) is 7.15. The van der Waals surface area contributed by atoms with Crippen LogP contribution < -0.4 is 5.73 Å². The Morgan fingerprint density at radius 2 is 2.27 bits per heavy atom. The standard InChI is InChI=1S/C11H17N3S/c1-7(2)10-9(4-5-12)14-6-8(3)15-11(14)13-10/h6-7H,4-5,12H2,1-3H3. The summed E-state index contributed by atoms with van der Waals surface area (Å²) in [4.78, 5) is 7.07. The van der Waals surface area contributed by atoms with Crippen molar-refractivity contribution in [1.82, 2.24) is 9.38 Å². The molecule has 15 heavy (non-hydrogen) atoms. The van der Waals surface area contributed by atoms with Crippen molar-refractivity contribution in [2.75, 3.05) is 6.54 Å². The second-order valence-electron chi connectivity index (χ2n) is 4.13. The van der Waals surface area contributed by atoms with Gasteiger partial charge in [0.2, 0.25) is 0 Å². The minimum atomic E-state index is 0.471. The van der Waals surface area contributed by atoms with E-state index in [4.69, 9.17) is 5.73 Å². The molecule has 4 heteroatoms. The first-order valence-corrected chi connectivity index (χ1v) is 6.12. The molecule has 0 aliphatic carbocycles. The largest absolute Gasteiger partial charge is 0.330 e. The van der Waals surface area contributed by atoms with Crippen LogP contribution in [0.1, 0.15) is 36.0 Å². The van der Waals surface area contributed by atoms with Crippen molar-refractivity contribution in [1.29, 1.82) is 0 Å². The smallest absolute Gasteiger partial charge is 0.194 e. The molecule has 82 valence electrons. The summed E-state index contributed by atoms with van der Waals surface area (Å²) in [5.74, 6) is 0.471. The van der Waals surface area contributed by atoms with Crippen molar-refractivity contribution in [3.63, 3.8) is 0 Å². The zero-order valence-corrected chi connectivity index (χ0v) is 10.3. The zero-order valence-electron chi connectivity index (χ0n) is 9.45. The lowest BCUT2D eigenvalue weighted by molar-refractivity contribution is 0.791. The third-order valence-electron chi connectivity index (χ3n) is 2.50. The Morgan fingerprint density at radius 1 is 1.53 bits per heavy atom. The van der Waals surface area contributed by atoms with Crippen molar-refractivity contribution < 1.29 is 0 Å². The number of hydrogen-bond acceptors (Lipinski definition) is 3. The van der Waals surface area contributed by atoms with Crippen LogP contribution in [0.3, 0.4) is 0 Å². The van der Waals surface area contributed by atoms with Gasteiger partial charge in [0.15, 0.2) is 4.96 Å². The van der Waals surface area contributed by atoms with E-state index in [1.165, 1.54) is 16.3 Å². The van der Waals surface area contributed by atoms with E-state index < -0.39 is 0 Å². The predicted molar refractivity (Wildman–Crippen MR) is 64.7 cm³/mol. The summed E-state index contributed by atoms with van der Waals surface area (Å²) >= 11 is 1.74. The van der Waals surface area contributed by atoms with Crippen molar-refractivity contribution in [2.24, 2.45) is 5.73 Å². The number of nitrogens with zero attached hydrogens (tertiary/aromatic N) is 2. The zero-order chi connectivity index (χ0) is 11.0. The van der Waals surface area contributed by atoms with Crippen LogP contribution in [0.25, 0.3) is 4.96 Å². The molecule has 0 atom stereocenters. The molecule has 0 aliphatic rings. The van der Waals surface area contributed by atoms with Gasteiger partial charge in [-0.25, -0.2) is 4.98 Å². The maximum atomic E-state index is 5.65. The minimum absolute atomic E-state index is 0.471. The molecule has 0 saturated carbocycles. The van der Waals surface area contributed by atoms with E-state index in [2.05, 4.69) is 36.4 Å². The van der Waals surface area contributed by atoms with Crippen LogP contribution in [-0.2, 0) is 6.42 Å². The van der Waals surface area contributed by atoms with Gasteiger partial charge in [0.1, 0.15) is 0 Å². The van der Waals surface area contributed by atoms with Crippen LogP contribution in [0.2, 0.25) is 0 Å². The Morgan fingerprint density at radius 3 is 2.87 bits per heavy atom. The first-order chi connectivity index (χ1) is 7.13. The summed E-state index contributed by atoms with van der Waals surface area (Å²) < 4.78 is 2.20. The summed E-state index contributed by atoms with van der Waals surface area (Å²) in [5.41, 5.74) is 8.13. The summed E-state index contributed by atoms with van der Waals surface area (Å²) in [6, 6.07) is 0. The summed E-state index contributed by atoms with van der Waals surface area (Å²) in [5, 5.41) is 0. The molecule has 0 radical (unpaired) electrons. The monoisotopic (exact) mass is 223 g/mol. The molecule has 2 aromatic heterocycles. The number of hydrogen-bond donors (Lipinski definition) is 1. The van der Waals surface area contributed by atoms with Gasteiger partial charge in [-0.2, -0.15) is 0 Å². The Balaban J connectivity index is 2.60. The van der Waals surface area contributed by atoms with E-state index in [0.29, 0.717) is 12.5 Å². The third-order valence-corrected chi connectivity index (χ3v) is 3.40. The maximum absolute atomic E-state index is 5.65. The van der Waals surface area contributed by atoms with Crippen LogP contribution in [0, 0.1) is 6.92 Å². The lowest BCUT2D eigenvalue weighted by Crippen LogP contribution is -2.07. The Kier molecular flexibility index (Phi) is 2.80. The maximum Gasteiger partial charge on any atom is 0.194 e. The van der Waals surface area contributed by atoms with Gasteiger partial charge in [0.05, 0.1) is 5.69 Å². The number of rotatable bonds is 3. The molecule has 2 aromatic rings. The summed E-state index contributed by atoms with van der Waals surface area (Å²) in [7, 11) is 0. The van der Waals surface area contributed by atoms with Gasteiger partial charge in [-0.15, -0.1) is 11.3 Å². The highest BCUT2D eigenvalue weighted by Gasteiger charge is 2.15. The van der Waals surface area contributed by atoms with Gasteiger partial charge in [0.25, 0.3) is 0 Å². The molecule has 0 amide bonds. The van der Waals surface area contributed by atoms with E-state index in [1.54, 1.807) is 11.3 Å². The van der Waals surface area contributed by atoms with Crippen molar-refractivity contribution in [3.05, 3.63) is 22.5 Å². The number of imidazole rings is 1. The van der Waals surface area contributed by atoms with Crippen LogP contribution in [0.5, 0.6) is 0 Å². The molecule has 0 aliphatic heterocycles. The Bertz CT molecular complexity index is 467. The van der Waals surface area contributed by atoms with Crippen LogP contribution in [-0.4, -0.2) is 15.9 Å². The van der Waals surface area contributed by atoms with Crippen LogP contribution in [0.15, 0.2) is 6.20 Å². The molecule has 2 heterocycles. The highest BCUT2D eigenvalue weighted by molar-refractivity contribution is 7.17. The van der Waals surface area contributed by atoms with Crippen molar-refractivity contribution in [3.8, 4) is 0 Å². The SMILES string of the molecule is Cc1cn2c(CCN)c(C(C)C)nc2s1. The van der Waals surface area contributed by atoms with E-state index in [9.17, 15) is 0 Å². The molecule has 2 rings (SSSR count). The minimum Gasteiger partial charge on any atom is -0.330 e. The quantitative estimate of drug-likeness (QED) is 0.868. The molecule has 0 aromatic carbocycles.